The fourth-order valence-electron chi connectivity index (χ4n) is 2.13. The Labute approximate surface area is 107 Å². The van der Waals surface area contributed by atoms with E-state index in [0.717, 1.165) is 26.1 Å². The van der Waals surface area contributed by atoms with Crippen molar-refractivity contribution in [3.05, 3.63) is 15.6 Å². The van der Waals surface area contributed by atoms with Crippen LogP contribution in [-0.2, 0) is 10.2 Å². The van der Waals surface area contributed by atoms with Crippen molar-refractivity contribution >= 4 is 11.3 Å². The van der Waals surface area contributed by atoms with E-state index in [1.54, 1.807) is 0 Å². The molecule has 1 aliphatic rings. The number of ether oxygens (including phenoxy) is 1. The second-order valence-electron chi connectivity index (χ2n) is 5.44. The molecular formula is C13H22N2OS. The number of thiazole rings is 1. The monoisotopic (exact) mass is 254 g/mol. The maximum atomic E-state index is 5.82. The first-order valence-electron chi connectivity index (χ1n) is 6.30. The molecule has 0 bridgehead atoms. The minimum Gasteiger partial charge on any atom is -0.381 e. The van der Waals surface area contributed by atoms with E-state index in [-0.39, 0.29) is 5.41 Å². The maximum absolute atomic E-state index is 5.82. The zero-order valence-corrected chi connectivity index (χ0v) is 11.8. The lowest BCUT2D eigenvalue weighted by Crippen LogP contribution is -2.28. The first kappa shape index (κ1) is 13.0. The number of nitrogens with two attached hydrogens (primary N) is 1. The van der Waals surface area contributed by atoms with E-state index in [0.29, 0.717) is 12.5 Å². The van der Waals surface area contributed by atoms with E-state index in [9.17, 15) is 0 Å². The summed E-state index contributed by atoms with van der Waals surface area (Å²) < 4.78 is 5.41. The van der Waals surface area contributed by atoms with Crippen molar-refractivity contribution in [3.63, 3.8) is 0 Å². The molecule has 0 amide bonds. The molecule has 1 aromatic heterocycles. The molecule has 96 valence electrons. The molecule has 0 radical (unpaired) electrons. The van der Waals surface area contributed by atoms with Gasteiger partial charge in [0.2, 0.25) is 0 Å². The van der Waals surface area contributed by atoms with Crippen LogP contribution in [0.1, 0.15) is 48.2 Å². The first-order chi connectivity index (χ1) is 8.04. The Hall–Kier alpha value is -0.450. The van der Waals surface area contributed by atoms with Gasteiger partial charge in [-0.2, -0.15) is 0 Å². The lowest BCUT2D eigenvalue weighted by molar-refractivity contribution is 0.0844. The van der Waals surface area contributed by atoms with Gasteiger partial charge in [-0.25, -0.2) is 4.98 Å². The molecule has 1 fully saturated rings. The summed E-state index contributed by atoms with van der Waals surface area (Å²) in [7, 11) is 0. The Balaban J connectivity index is 2.24. The van der Waals surface area contributed by atoms with Gasteiger partial charge >= 0.3 is 0 Å². The van der Waals surface area contributed by atoms with Crippen LogP contribution in [0.2, 0.25) is 0 Å². The molecule has 17 heavy (non-hydrogen) atoms. The standard InChI is InChI=1S/C13H22N2OS/c1-9-11(10-4-6-16-7-5-10)15-12(17-9)13(2,3)8-14/h10H,4-8,14H2,1-3H3. The average Bonchev–Trinajstić information content (AvgIpc) is 2.73. The van der Waals surface area contributed by atoms with E-state index in [1.807, 2.05) is 11.3 Å². The highest BCUT2D eigenvalue weighted by molar-refractivity contribution is 7.11. The average molecular weight is 254 g/mol. The lowest BCUT2D eigenvalue weighted by Gasteiger charge is -2.21. The van der Waals surface area contributed by atoms with Gasteiger partial charge in [-0.1, -0.05) is 13.8 Å². The van der Waals surface area contributed by atoms with Crippen LogP contribution < -0.4 is 5.73 Å². The van der Waals surface area contributed by atoms with E-state index in [2.05, 4.69) is 20.8 Å². The van der Waals surface area contributed by atoms with Gasteiger partial charge in [0, 0.05) is 36.0 Å². The Bertz CT molecular complexity index is 381. The molecule has 2 heterocycles. The fraction of sp³-hybridized carbons (Fsp3) is 0.769. The van der Waals surface area contributed by atoms with Crippen molar-refractivity contribution in [1.29, 1.82) is 0 Å². The Morgan fingerprint density at radius 3 is 2.65 bits per heavy atom. The van der Waals surface area contributed by atoms with E-state index in [1.165, 1.54) is 15.6 Å². The minimum absolute atomic E-state index is 0.00115. The highest BCUT2D eigenvalue weighted by Crippen LogP contribution is 2.35. The van der Waals surface area contributed by atoms with Gasteiger partial charge in [-0.15, -0.1) is 11.3 Å². The normalized spacial score (nSPS) is 18.6. The molecule has 0 unspecified atom stereocenters. The number of hydrogen-bond acceptors (Lipinski definition) is 4. The fourth-order valence-corrected chi connectivity index (χ4v) is 3.25. The van der Waals surface area contributed by atoms with Gasteiger partial charge in [-0.3, -0.25) is 0 Å². The Morgan fingerprint density at radius 1 is 1.41 bits per heavy atom. The van der Waals surface area contributed by atoms with E-state index < -0.39 is 0 Å². The van der Waals surface area contributed by atoms with Crippen LogP contribution in [-0.4, -0.2) is 24.7 Å². The maximum Gasteiger partial charge on any atom is 0.1000 e. The number of hydrogen-bond donors (Lipinski definition) is 1. The number of nitrogens with zero attached hydrogens (tertiary/aromatic N) is 1. The SMILES string of the molecule is Cc1sc(C(C)(C)CN)nc1C1CCOCC1. The van der Waals surface area contributed by atoms with Gasteiger partial charge in [0.25, 0.3) is 0 Å². The van der Waals surface area contributed by atoms with Gasteiger partial charge in [0.15, 0.2) is 0 Å². The molecule has 1 aromatic rings. The molecule has 0 atom stereocenters. The molecule has 0 aromatic carbocycles. The zero-order chi connectivity index (χ0) is 12.5. The topological polar surface area (TPSA) is 48.1 Å². The summed E-state index contributed by atoms with van der Waals surface area (Å²) >= 11 is 1.81. The van der Waals surface area contributed by atoms with Crippen molar-refractivity contribution in [2.45, 2.75) is 44.9 Å². The van der Waals surface area contributed by atoms with Crippen molar-refractivity contribution < 1.29 is 4.74 Å². The minimum atomic E-state index is -0.00115. The number of aryl methyl sites for hydroxylation is 1. The third-order valence-corrected chi connectivity index (χ3v) is 4.88. The highest BCUT2D eigenvalue weighted by atomic mass is 32.1. The molecule has 3 nitrogen and oxygen atoms in total. The summed E-state index contributed by atoms with van der Waals surface area (Å²) in [5.41, 5.74) is 7.11. The largest absolute Gasteiger partial charge is 0.381 e. The highest BCUT2D eigenvalue weighted by Gasteiger charge is 2.27. The quantitative estimate of drug-likeness (QED) is 0.902. The van der Waals surface area contributed by atoms with E-state index in [4.69, 9.17) is 15.5 Å². The van der Waals surface area contributed by atoms with Gasteiger partial charge in [-0.05, 0) is 19.8 Å². The van der Waals surface area contributed by atoms with Crippen LogP contribution in [0.25, 0.3) is 0 Å². The number of rotatable bonds is 3. The summed E-state index contributed by atoms with van der Waals surface area (Å²) in [5.74, 6) is 0.585. The second-order valence-corrected chi connectivity index (χ2v) is 6.64. The smallest absolute Gasteiger partial charge is 0.1000 e. The third kappa shape index (κ3) is 2.69. The molecule has 0 spiro atoms. The summed E-state index contributed by atoms with van der Waals surface area (Å²) in [4.78, 5) is 6.21. The summed E-state index contributed by atoms with van der Waals surface area (Å²) in [6.45, 7) is 8.90. The molecule has 2 rings (SSSR count). The third-order valence-electron chi connectivity index (χ3n) is 3.53. The predicted octanol–water partition coefficient (Wildman–Crippen LogP) is 2.58. The van der Waals surface area contributed by atoms with Crippen LogP contribution >= 0.6 is 11.3 Å². The zero-order valence-electron chi connectivity index (χ0n) is 11.0. The Morgan fingerprint density at radius 2 is 2.06 bits per heavy atom. The molecule has 1 saturated heterocycles. The van der Waals surface area contributed by atoms with Gasteiger partial charge in [0.1, 0.15) is 0 Å². The van der Waals surface area contributed by atoms with Crippen LogP contribution in [0, 0.1) is 6.92 Å². The van der Waals surface area contributed by atoms with Crippen molar-refractivity contribution in [2.75, 3.05) is 19.8 Å². The second kappa shape index (κ2) is 5.04. The molecule has 4 heteroatoms. The Kier molecular flexibility index (Phi) is 3.85. The van der Waals surface area contributed by atoms with Crippen molar-refractivity contribution in [1.82, 2.24) is 4.98 Å². The van der Waals surface area contributed by atoms with Crippen molar-refractivity contribution in [2.24, 2.45) is 5.73 Å². The predicted molar refractivity (Wildman–Crippen MR) is 71.7 cm³/mol. The molecule has 0 saturated carbocycles. The lowest BCUT2D eigenvalue weighted by atomic mass is 9.93. The van der Waals surface area contributed by atoms with Crippen molar-refractivity contribution in [3.8, 4) is 0 Å². The molecule has 2 N–H and O–H groups in total. The number of aromatic nitrogens is 1. The van der Waals surface area contributed by atoms with E-state index >= 15 is 0 Å². The van der Waals surface area contributed by atoms with Gasteiger partial charge in [0.05, 0.1) is 10.7 Å². The van der Waals surface area contributed by atoms with Crippen LogP contribution in [0.15, 0.2) is 0 Å². The summed E-state index contributed by atoms with van der Waals surface area (Å²) in [6.07, 6.45) is 2.21. The molecule has 1 aliphatic heterocycles. The summed E-state index contributed by atoms with van der Waals surface area (Å²) in [5, 5.41) is 1.18. The van der Waals surface area contributed by atoms with Crippen LogP contribution in [0.3, 0.4) is 0 Å². The molecule has 0 aliphatic carbocycles. The van der Waals surface area contributed by atoms with Crippen LogP contribution in [0.5, 0.6) is 0 Å². The molecular weight excluding hydrogens is 232 g/mol. The summed E-state index contributed by atoms with van der Waals surface area (Å²) in [6, 6.07) is 0. The van der Waals surface area contributed by atoms with Crippen LogP contribution in [0.4, 0.5) is 0 Å². The first-order valence-corrected chi connectivity index (χ1v) is 7.12. The van der Waals surface area contributed by atoms with Gasteiger partial charge < -0.3 is 10.5 Å².